The van der Waals surface area contributed by atoms with Crippen molar-refractivity contribution in [2.75, 3.05) is 19.0 Å². The first kappa shape index (κ1) is 34.0. The smallest absolute Gasteiger partial charge is 0.411 e. The first-order valence-electron chi connectivity index (χ1n) is 15.4. The van der Waals surface area contributed by atoms with Gasteiger partial charge in [-0.25, -0.2) is 22.7 Å². The van der Waals surface area contributed by atoms with Crippen LogP contribution in [0.2, 0.25) is 0 Å². The normalized spacial score (nSPS) is 13.2. The second-order valence-electron chi connectivity index (χ2n) is 11.4. The number of benzene rings is 3. The van der Waals surface area contributed by atoms with Crippen LogP contribution in [-0.2, 0) is 26.0 Å². The van der Waals surface area contributed by atoms with Crippen molar-refractivity contribution in [1.29, 1.82) is 0 Å². The number of methoxy groups -OCH3 is 1. The number of nitrogens with one attached hydrogen (secondary N) is 3. The second kappa shape index (κ2) is 14.6. The van der Waals surface area contributed by atoms with Crippen molar-refractivity contribution in [3.8, 4) is 5.75 Å². The first-order valence-corrected chi connectivity index (χ1v) is 16.9. The highest BCUT2D eigenvalue weighted by atomic mass is 32.2. The summed E-state index contributed by atoms with van der Waals surface area (Å²) in [6, 6.07) is 15.3. The van der Waals surface area contributed by atoms with E-state index < -0.39 is 34.0 Å². The molecule has 1 aliphatic carbocycles. The van der Waals surface area contributed by atoms with Gasteiger partial charge in [-0.3, -0.25) is 19.5 Å². The standard InChI is InChI=1S/C34H36N4O9S/c1-21-8-3-6-13-30(21)48(44,45)37-32(41)25-11-7-12-29(46-2)27(25)18-22-20-38(33(42)35-17-16-31(39)40)28-15-14-23(19-26(22)28)36-34(43)47-24-9-4-5-10-24/h3,6-8,11-15,19-20,24H,4-5,9-10,16-18H2,1-2H3,(H,35,42)(H,36,43)(H,37,41)(H,39,40). The van der Waals surface area contributed by atoms with Gasteiger partial charge < -0.3 is 19.9 Å². The fraction of sp³-hybridized carbons (Fsp3) is 0.294. The summed E-state index contributed by atoms with van der Waals surface area (Å²) in [5, 5.41) is 14.9. The van der Waals surface area contributed by atoms with E-state index in [0.29, 0.717) is 39.0 Å². The summed E-state index contributed by atoms with van der Waals surface area (Å²) < 4.78 is 41.0. The number of amides is 3. The zero-order valence-corrected chi connectivity index (χ0v) is 27.3. The molecule has 3 aromatic carbocycles. The molecule has 0 bridgehead atoms. The molecular weight excluding hydrogens is 640 g/mol. The molecule has 0 unspecified atom stereocenters. The van der Waals surface area contributed by atoms with E-state index >= 15 is 0 Å². The summed E-state index contributed by atoms with van der Waals surface area (Å²) in [5.74, 6) is -1.64. The number of carbonyl (C=O) groups is 4. The van der Waals surface area contributed by atoms with Crippen LogP contribution < -0.4 is 20.1 Å². The Bertz CT molecular complexity index is 1980. The van der Waals surface area contributed by atoms with Gasteiger partial charge in [-0.05, 0) is 80.1 Å². The average Bonchev–Trinajstić information content (AvgIpc) is 3.68. The largest absolute Gasteiger partial charge is 0.496 e. The lowest BCUT2D eigenvalue weighted by Gasteiger charge is -2.15. The Morgan fingerprint density at radius 2 is 1.75 bits per heavy atom. The summed E-state index contributed by atoms with van der Waals surface area (Å²) in [6.45, 7) is 1.52. The molecule has 3 amide bonds. The van der Waals surface area contributed by atoms with Crippen LogP contribution in [-0.4, -0.2) is 61.9 Å². The number of carbonyl (C=O) groups excluding carboxylic acids is 3. The molecule has 0 spiro atoms. The molecule has 1 heterocycles. The van der Waals surface area contributed by atoms with Gasteiger partial charge in [0, 0.05) is 41.4 Å². The Labute approximate surface area is 277 Å². The van der Waals surface area contributed by atoms with E-state index in [9.17, 15) is 27.6 Å². The van der Waals surface area contributed by atoms with Crippen molar-refractivity contribution >= 4 is 50.6 Å². The van der Waals surface area contributed by atoms with Crippen molar-refractivity contribution in [3.05, 3.63) is 89.1 Å². The maximum Gasteiger partial charge on any atom is 0.411 e. The number of ether oxygens (including phenoxy) is 2. The third-order valence-corrected chi connectivity index (χ3v) is 9.61. The number of sulfonamides is 1. The number of rotatable bonds is 11. The minimum absolute atomic E-state index is 0.0130. The van der Waals surface area contributed by atoms with Gasteiger partial charge in [0.2, 0.25) is 0 Å². The van der Waals surface area contributed by atoms with Gasteiger partial charge in [-0.2, -0.15) is 0 Å². The number of nitrogens with zero attached hydrogens (tertiary/aromatic N) is 1. The zero-order valence-electron chi connectivity index (χ0n) is 26.4. The van der Waals surface area contributed by atoms with Crippen molar-refractivity contribution in [2.45, 2.75) is 56.4 Å². The number of carboxylic acids is 1. The number of fused-ring (bicyclic) bond motifs is 1. The molecule has 14 heteroatoms. The van der Waals surface area contributed by atoms with Crippen molar-refractivity contribution in [3.63, 3.8) is 0 Å². The van der Waals surface area contributed by atoms with E-state index in [1.807, 2.05) is 0 Å². The van der Waals surface area contributed by atoms with Crippen LogP contribution in [0.25, 0.3) is 10.9 Å². The fourth-order valence-electron chi connectivity index (χ4n) is 5.78. The molecule has 0 aliphatic heterocycles. The number of hydrogen-bond acceptors (Lipinski definition) is 8. The topological polar surface area (TPSA) is 182 Å². The molecule has 4 N–H and O–H groups in total. The van der Waals surface area contributed by atoms with Crippen molar-refractivity contribution < 1.29 is 42.2 Å². The van der Waals surface area contributed by atoms with Crippen molar-refractivity contribution in [2.24, 2.45) is 0 Å². The minimum atomic E-state index is -4.22. The number of carboxylic acid groups (broad SMARTS) is 1. The highest BCUT2D eigenvalue weighted by Crippen LogP contribution is 2.32. The summed E-state index contributed by atoms with van der Waals surface area (Å²) in [4.78, 5) is 50.4. The Morgan fingerprint density at radius 1 is 1.00 bits per heavy atom. The molecule has 13 nitrogen and oxygen atoms in total. The predicted molar refractivity (Wildman–Crippen MR) is 177 cm³/mol. The monoisotopic (exact) mass is 676 g/mol. The molecule has 5 rings (SSSR count). The summed E-state index contributed by atoms with van der Waals surface area (Å²) in [6.07, 6.45) is 4.12. The van der Waals surface area contributed by atoms with Gasteiger partial charge in [0.25, 0.3) is 15.9 Å². The lowest BCUT2D eigenvalue weighted by atomic mass is 9.97. The molecule has 0 saturated heterocycles. The molecule has 0 radical (unpaired) electrons. The van der Waals surface area contributed by atoms with Gasteiger partial charge in [0.15, 0.2) is 0 Å². The van der Waals surface area contributed by atoms with E-state index in [1.54, 1.807) is 61.7 Å². The van der Waals surface area contributed by atoms with Gasteiger partial charge >= 0.3 is 18.1 Å². The first-order chi connectivity index (χ1) is 23.0. The second-order valence-corrected chi connectivity index (χ2v) is 13.1. The maximum absolute atomic E-state index is 13.6. The number of hydrogen-bond donors (Lipinski definition) is 4. The third-order valence-electron chi connectivity index (χ3n) is 8.12. The maximum atomic E-state index is 13.6. The quantitative estimate of drug-likeness (QED) is 0.166. The predicted octanol–water partition coefficient (Wildman–Crippen LogP) is 5.19. The lowest BCUT2D eigenvalue weighted by molar-refractivity contribution is -0.136. The van der Waals surface area contributed by atoms with E-state index in [1.165, 1.54) is 23.8 Å². The molecular formula is C34H36N4O9S. The Morgan fingerprint density at radius 3 is 2.46 bits per heavy atom. The highest BCUT2D eigenvalue weighted by molar-refractivity contribution is 7.90. The van der Waals surface area contributed by atoms with Gasteiger partial charge in [-0.1, -0.05) is 24.3 Å². The molecule has 1 aromatic heterocycles. The zero-order chi connectivity index (χ0) is 34.4. The van der Waals surface area contributed by atoms with Crippen LogP contribution in [0.4, 0.5) is 15.3 Å². The van der Waals surface area contributed by atoms with Gasteiger partial charge in [-0.15, -0.1) is 0 Å². The molecule has 0 atom stereocenters. The molecule has 252 valence electrons. The van der Waals surface area contributed by atoms with Crippen LogP contribution in [0.5, 0.6) is 5.75 Å². The number of aromatic nitrogens is 1. The van der Waals surface area contributed by atoms with Crippen LogP contribution in [0.3, 0.4) is 0 Å². The Balaban J connectivity index is 1.51. The van der Waals surface area contributed by atoms with Crippen LogP contribution in [0.15, 0.2) is 71.8 Å². The lowest BCUT2D eigenvalue weighted by Crippen LogP contribution is -2.31. The number of aryl methyl sites for hydroxylation is 1. The molecule has 48 heavy (non-hydrogen) atoms. The molecule has 4 aromatic rings. The average molecular weight is 677 g/mol. The van der Waals surface area contributed by atoms with E-state index in [-0.39, 0.29) is 35.9 Å². The van der Waals surface area contributed by atoms with Crippen LogP contribution >= 0.6 is 0 Å². The third kappa shape index (κ3) is 7.77. The van der Waals surface area contributed by atoms with Crippen LogP contribution in [0, 0.1) is 6.92 Å². The number of anilines is 1. The van der Waals surface area contributed by atoms with E-state index in [0.717, 1.165) is 25.7 Å². The number of aliphatic carboxylic acids is 1. The van der Waals surface area contributed by atoms with E-state index in [2.05, 4.69) is 15.4 Å². The highest BCUT2D eigenvalue weighted by Gasteiger charge is 2.25. The molecule has 1 fully saturated rings. The summed E-state index contributed by atoms with van der Waals surface area (Å²) >= 11 is 0. The van der Waals surface area contributed by atoms with Gasteiger partial charge in [0.05, 0.1) is 23.9 Å². The fourth-order valence-corrected chi connectivity index (χ4v) is 7.00. The van der Waals surface area contributed by atoms with Crippen molar-refractivity contribution in [1.82, 2.24) is 14.6 Å². The molecule has 1 saturated carbocycles. The van der Waals surface area contributed by atoms with E-state index in [4.69, 9.17) is 14.6 Å². The summed E-state index contributed by atoms with van der Waals surface area (Å²) in [5.41, 5.74) is 2.23. The SMILES string of the molecule is COc1cccc(C(=O)NS(=O)(=O)c2ccccc2C)c1Cc1cn(C(=O)NCCC(=O)O)c2ccc(NC(=O)OC3CCCC3)cc12. The summed E-state index contributed by atoms with van der Waals surface area (Å²) in [7, 11) is -2.80. The minimum Gasteiger partial charge on any atom is -0.496 e. The Hall–Kier alpha value is -5.37. The van der Waals surface area contributed by atoms with Crippen LogP contribution in [0.1, 0.15) is 59.2 Å². The van der Waals surface area contributed by atoms with Gasteiger partial charge in [0.1, 0.15) is 11.9 Å². The Kier molecular flexibility index (Phi) is 10.3. The molecule has 1 aliphatic rings.